The van der Waals surface area contributed by atoms with Crippen LogP contribution in [0.2, 0.25) is 0 Å². The summed E-state index contributed by atoms with van der Waals surface area (Å²) in [5, 5.41) is 0. The largest absolute Gasteiger partial charge is 2.00 e. The Bertz CT molecular complexity index is 1770. The zero-order valence-electron chi connectivity index (χ0n) is 21.7. The van der Waals surface area contributed by atoms with Gasteiger partial charge in [-0.3, -0.25) is 4.98 Å². The Balaban J connectivity index is 0.00000289. The quantitative estimate of drug-likeness (QED) is 0.170. The average molecular weight is 696 g/mol. The third-order valence-corrected chi connectivity index (χ3v) is 7.35. The third kappa shape index (κ3) is 4.28. The van der Waals surface area contributed by atoms with Crippen molar-refractivity contribution >= 4 is 0 Å². The van der Waals surface area contributed by atoms with Crippen LogP contribution in [-0.4, -0.2) is 9.97 Å². The van der Waals surface area contributed by atoms with E-state index in [1.807, 2.05) is 67.0 Å². The Labute approximate surface area is 248 Å². The second kappa shape index (κ2) is 10.7. The summed E-state index contributed by atoms with van der Waals surface area (Å²) in [6.45, 7) is 2.06. The maximum absolute atomic E-state index is 6.37. The molecule has 1 aliphatic carbocycles. The van der Waals surface area contributed by atoms with Crippen molar-refractivity contribution in [3.05, 3.63) is 168 Å². The van der Waals surface area contributed by atoms with Gasteiger partial charge in [0.05, 0.1) is 11.1 Å². The van der Waals surface area contributed by atoms with E-state index in [2.05, 4.69) is 84.7 Å². The molecule has 0 bridgehead atoms. The van der Waals surface area contributed by atoms with Crippen LogP contribution in [0.15, 0.2) is 128 Å². The van der Waals surface area contributed by atoms with Crippen molar-refractivity contribution in [3.8, 4) is 33.9 Å². The fourth-order valence-corrected chi connectivity index (χ4v) is 5.71. The fraction of sp³-hybridized carbons (Fsp3) is 0.0556. The summed E-state index contributed by atoms with van der Waals surface area (Å²) < 4.78 is 6.37. The van der Waals surface area contributed by atoms with Crippen LogP contribution in [-0.2, 0) is 26.5 Å². The summed E-state index contributed by atoms with van der Waals surface area (Å²) in [5.74, 6) is 1.23. The normalized spacial score (nSPS) is 12.6. The summed E-state index contributed by atoms with van der Waals surface area (Å²) in [5.41, 5.74) is 9.03. The molecule has 6 aromatic rings. The van der Waals surface area contributed by atoms with Gasteiger partial charge in [0.2, 0.25) is 0 Å². The van der Waals surface area contributed by atoms with Crippen molar-refractivity contribution in [1.29, 1.82) is 0 Å². The van der Waals surface area contributed by atoms with Gasteiger partial charge in [0.1, 0.15) is 0 Å². The van der Waals surface area contributed by atoms with Gasteiger partial charge < -0.3 is 9.72 Å². The van der Waals surface area contributed by atoms with Crippen LogP contribution in [0.5, 0.6) is 11.5 Å². The maximum Gasteiger partial charge on any atom is 2.00 e. The second-order valence-electron chi connectivity index (χ2n) is 9.73. The topological polar surface area (TPSA) is 35.0 Å². The molecule has 4 aromatic carbocycles. The van der Waals surface area contributed by atoms with Crippen LogP contribution in [0.4, 0.5) is 0 Å². The van der Waals surface area contributed by atoms with E-state index in [1.165, 1.54) is 22.3 Å². The van der Waals surface area contributed by atoms with Crippen LogP contribution in [0.3, 0.4) is 0 Å². The number of ether oxygens (including phenoxy) is 1. The van der Waals surface area contributed by atoms with E-state index >= 15 is 0 Å². The van der Waals surface area contributed by atoms with Crippen LogP contribution in [0.1, 0.15) is 27.9 Å². The van der Waals surface area contributed by atoms with Gasteiger partial charge in [0, 0.05) is 23.9 Å². The Morgan fingerprint density at radius 1 is 0.625 bits per heavy atom. The molecule has 40 heavy (non-hydrogen) atoms. The van der Waals surface area contributed by atoms with E-state index in [-0.39, 0.29) is 21.1 Å². The molecule has 194 valence electrons. The molecule has 0 saturated carbocycles. The number of rotatable bonds is 5. The molecular formula is C36H24N2OPt. The number of nitrogens with zero attached hydrogens (tertiary/aromatic N) is 2. The van der Waals surface area contributed by atoms with Crippen molar-refractivity contribution in [3.63, 3.8) is 0 Å². The number of fused-ring (bicyclic) bond motifs is 3. The molecule has 7 rings (SSSR count). The van der Waals surface area contributed by atoms with E-state index in [9.17, 15) is 0 Å². The fourth-order valence-electron chi connectivity index (χ4n) is 5.71. The smallest absolute Gasteiger partial charge is 0.503 e. The minimum Gasteiger partial charge on any atom is -0.503 e. The van der Waals surface area contributed by atoms with Gasteiger partial charge >= 0.3 is 21.1 Å². The molecule has 0 saturated heterocycles. The molecule has 0 fully saturated rings. The number of benzene rings is 4. The molecule has 2 aromatic heterocycles. The van der Waals surface area contributed by atoms with Crippen LogP contribution >= 0.6 is 0 Å². The third-order valence-electron chi connectivity index (χ3n) is 7.35. The molecule has 0 spiro atoms. The molecule has 2 heterocycles. The van der Waals surface area contributed by atoms with E-state index in [4.69, 9.17) is 9.72 Å². The molecule has 1 aliphatic rings. The molecule has 0 atom stereocenters. The number of aryl methyl sites for hydroxylation is 1. The predicted octanol–water partition coefficient (Wildman–Crippen LogP) is 8.21. The van der Waals surface area contributed by atoms with Crippen LogP contribution in [0, 0.1) is 19.1 Å². The minimum atomic E-state index is -0.620. The van der Waals surface area contributed by atoms with Gasteiger partial charge in [-0.05, 0) is 53.1 Å². The summed E-state index contributed by atoms with van der Waals surface area (Å²) in [7, 11) is 0. The van der Waals surface area contributed by atoms with Gasteiger partial charge in [-0.15, -0.1) is 41.5 Å². The Kier molecular flexibility index (Phi) is 6.92. The number of hydrogen-bond donors (Lipinski definition) is 0. The second-order valence-corrected chi connectivity index (χ2v) is 9.73. The van der Waals surface area contributed by atoms with E-state index in [0.717, 1.165) is 28.1 Å². The molecule has 3 nitrogen and oxygen atoms in total. The molecule has 0 aliphatic heterocycles. The number of hydrogen-bond acceptors (Lipinski definition) is 3. The predicted molar refractivity (Wildman–Crippen MR) is 154 cm³/mol. The SMILES string of the molecule is Cc1ccnc(-c2[c-]c(Oc3[c-]c(C4(c5ccccn5)c5ccccc5-c5ccccc54)ccc3)ccc2)c1.[Pt+2]. The average Bonchev–Trinajstić information content (AvgIpc) is 3.29. The van der Waals surface area contributed by atoms with Crippen molar-refractivity contribution in [2.75, 3.05) is 0 Å². The summed E-state index contributed by atoms with van der Waals surface area (Å²) in [6, 6.07) is 46.3. The van der Waals surface area contributed by atoms with Crippen molar-refractivity contribution in [2.45, 2.75) is 12.3 Å². The van der Waals surface area contributed by atoms with Crippen molar-refractivity contribution in [2.24, 2.45) is 0 Å². The first kappa shape index (κ1) is 25.9. The van der Waals surface area contributed by atoms with Gasteiger partial charge in [-0.2, -0.15) is 12.1 Å². The first-order chi connectivity index (χ1) is 19.2. The monoisotopic (exact) mass is 695 g/mol. The molecule has 0 amide bonds. The van der Waals surface area contributed by atoms with Gasteiger partial charge in [0.15, 0.2) is 0 Å². The zero-order chi connectivity index (χ0) is 26.2. The Morgan fingerprint density at radius 3 is 2.00 bits per heavy atom. The molecule has 0 N–H and O–H groups in total. The van der Waals surface area contributed by atoms with E-state index < -0.39 is 5.41 Å². The maximum atomic E-state index is 6.37. The van der Waals surface area contributed by atoms with Crippen molar-refractivity contribution < 1.29 is 25.8 Å². The molecule has 0 unspecified atom stereocenters. The minimum absolute atomic E-state index is 0. The number of pyridine rings is 2. The van der Waals surface area contributed by atoms with Gasteiger partial charge in [-0.1, -0.05) is 72.3 Å². The van der Waals surface area contributed by atoms with E-state index in [0.29, 0.717) is 11.5 Å². The Morgan fingerprint density at radius 2 is 1.30 bits per heavy atom. The van der Waals surface area contributed by atoms with Crippen LogP contribution in [0.25, 0.3) is 22.4 Å². The summed E-state index contributed by atoms with van der Waals surface area (Å²) in [6.07, 6.45) is 3.68. The zero-order valence-corrected chi connectivity index (χ0v) is 24.0. The standard InChI is InChI=1S/C36H24N2O.Pt/c1-25-19-21-37-34(22-25)26-10-8-12-28(23-26)39-29-13-9-11-27(24-29)36(35-18-6-7-20-38-35)32-16-4-2-14-30(32)31-15-3-5-17-33(31)36;/h2-22H,1H3;/q-2;+2. The molecule has 4 heteroatoms. The molecule has 0 radical (unpaired) electrons. The Hall–Kier alpha value is -4.33. The first-order valence-corrected chi connectivity index (χ1v) is 13.0. The number of aromatic nitrogens is 2. The van der Waals surface area contributed by atoms with E-state index in [1.54, 1.807) is 0 Å². The molecular weight excluding hydrogens is 671 g/mol. The summed E-state index contributed by atoms with van der Waals surface area (Å²) in [4.78, 5) is 9.41. The van der Waals surface area contributed by atoms with Crippen LogP contribution < -0.4 is 4.74 Å². The first-order valence-electron chi connectivity index (χ1n) is 13.0. The van der Waals surface area contributed by atoms with Gasteiger partial charge in [0.25, 0.3) is 0 Å². The van der Waals surface area contributed by atoms with Crippen molar-refractivity contribution in [1.82, 2.24) is 9.97 Å². The summed E-state index contributed by atoms with van der Waals surface area (Å²) >= 11 is 0. The van der Waals surface area contributed by atoms with Gasteiger partial charge in [-0.25, -0.2) is 0 Å².